The van der Waals surface area contributed by atoms with Gasteiger partial charge in [-0.15, -0.1) is 0 Å². The number of nitrogens with zero attached hydrogens (tertiary/aromatic N) is 2. The number of nitriles is 1. The Morgan fingerprint density at radius 1 is 1.43 bits per heavy atom. The van der Waals surface area contributed by atoms with E-state index in [4.69, 9.17) is 5.26 Å². The SMILES string of the molecule is CC(C)N(C)CCCNS(=O)(=O)c1ccc(F)c(C#N)c1. The average Bonchev–Trinajstić information content (AvgIpc) is 2.43. The van der Waals surface area contributed by atoms with Gasteiger partial charge in [0.1, 0.15) is 11.9 Å². The predicted octanol–water partition coefficient (Wildman–Crippen LogP) is 1.71. The number of hydrogen-bond acceptors (Lipinski definition) is 4. The topological polar surface area (TPSA) is 73.2 Å². The van der Waals surface area contributed by atoms with E-state index in [2.05, 4.69) is 23.5 Å². The first kappa shape index (κ1) is 17.6. The molecule has 0 aromatic heterocycles. The molecule has 0 aliphatic carbocycles. The van der Waals surface area contributed by atoms with Crippen LogP contribution in [-0.2, 0) is 10.0 Å². The van der Waals surface area contributed by atoms with Gasteiger partial charge in [0.25, 0.3) is 0 Å². The van der Waals surface area contributed by atoms with E-state index in [0.717, 1.165) is 24.7 Å². The normalized spacial score (nSPS) is 11.9. The summed E-state index contributed by atoms with van der Waals surface area (Å²) in [6.07, 6.45) is 0.667. The summed E-state index contributed by atoms with van der Waals surface area (Å²) in [6.45, 7) is 5.18. The van der Waals surface area contributed by atoms with Crippen molar-refractivity contribution < 1.29 is 12.8 Å². The minimum absolute atomic E-state index is 0.0994. The summed E-state index contributed by atoms with van der Waals surface area (Å²) in [5.41, 5.74) is -0.280. The molecule has 0 atom stereocenters. The summed E-state index contributed by atoms with van der Waals surface area (Å²) in [6, 6.07) is 5.21. The first-order chi connectivity index (χ1) is 9.77. The highest BCUT2D eigenvalue weighted by Crippen LogP contribution is 2.14. The zero-order valence-corrected chi connectivity index (χ0v) is 13.2. The van der Waals surface area contributed by atoms with Crippen LogP contribution in [-0.4, -0.2) is 39.5 Å². The molecule has 0 spiro atoms. The van der Waals surface area contributed by atoms with Crippen LogP contribution in [0, 0.1) is 17.1 Å². The van der Waals surface area contributed by atoms with Gasteiger partial charge in [-0.25, -0.2) is 17.5 Å². The molecule has 1 rings (SSSR count). The minimum Gasteiger partial charge on any atom is -0.304 e. The number of sulfonamides is 1. The molecule has 0 radical (unpaired) electrons. The molecule has 1 aromatic rings. The Labute approximate surface area is 125 Å². The zero-order chi connectivity index (χ0) is 16.0. The van der Waals surface area contributed by atoms with E-state index in [-0.39, 0.29) is 10.5 Å². The van der Waals surface area contributed by atoms with E-state index in [0.29, 0.717) is 19.0 Å². The lowest BCUT2D eigenvalue weighted by Crippen LogP contribution is -2.31. The van der Waals surface area contributed by atoms with Crippen molar-refractivity contribution in [1.29, 1.82) is 5.26 Å². The van der Waals surface area contributed by atoms with Crippen LogP contribution < -0.4 is 4.72 Å². The van der Waals surface area contributed by atoms with E-state index in [1.54, 1.807) is 6.07 Å². The van der Waals surface area contributed by atoms with E-state index in [1.807, 2.05) is 7.05 Å². The molecule has 1 N–H and O–H groups in total. The van der Waals surface area contributed by atoms with Crippen molar-refractivity contribution >= 4 is 10.0 Å². The lowest BCUT2D eigenvalue weighted by Gasteiger charge is -2.20. The molecular formula is C14H20FN3O2S. The van der Waals surface area contributed by atoms with Crippen LogP contribution in [0.15, 0.2) is 23.1 Å². The average molecular weight is 313 g/mol. The lowest BCUT2D eigenvalue weighted by molar-refractivity contribution is 0.271. The number of hydrogen-bond donors (Lipinski definition) is 1. The number of nitrogens with one attached hydrogen (secondary N) is 1. The Morgan fingerprint density at radius 2 is 2.10 bits per heavy atom. The quantitative estimate of drug-likeness (QED) is 0.778. The number of halogens is 1. The fourth-order valence-electron chi connectivity index (χ4n) is 1.63. The standard InChI is InChI=1S/C14H20FN3O2S/c1-11(2)18(3)8-4-7-17-21(19,20)13-5-6-14(15)12(9-13)10-16/h5-6,9,11,17H,4,7-8H2,1-3H3. The Bertz CT molecular complexity index is 624. The third-order valence-corrected chi connectivity index (χ3v) is 4.69. The van der Waals surface area contributed by atoms with E-state index in [1.165, 1.54) is 0 Å². The highest BCUT2D eigenvalue weighted by Gasteiger charge is 2.15. The minimum atomic E-state index is -3.71. The summed E-state index contributed by atoms with van der Waals surface area (Å²) in [4.78, 5) is 2.01. The van der Waals surface area contributed by atoms with Crippen LogP contribution in [0.3, 0.4) is 0 Å². The van der Waals surface area contributed by atoms with Crippen LogP contribution in [0.5, 0.6) is 0 Å². The molecule has 0 fully saturated rings. The van der Waals surface area contributed by atoms with Gasteiger partial charge in [0.2, 0.25) is 10.0 Å². The first-order valence-corrected chi connectivity index (χ1v) is 8.16. The fraction of sp³-hybridized carbons (Fsp3) is 0.500. The Kier molecular flexibility index (Phi) is 6.27. The maximum absolute atomic E-state index is 13.2. The molecule has 7 heteroatoms. The molecule has 0 unspecified atom stereocenters. The number of benzene rings is 1. The molecule has 116 valence electrons. The van der Waals surface area contributed by atoms with Crippen LogP contribution in [0.25, 0.3) is 0 Å². The molecule has 0 aliphatic rings. The van der Waals surface area contributed by atoms with Gasteiger partial charge >= 0.3 is 0 Å². The molecular weight excluding hydrogens is 293 g/mol. The van der Waals surface area contributed by atoms with Crippen molar-refractivity contribution in [1.82, 2.24) is 9.62 Å². The number of rotatable bonds is 7. The van der Waals surface area contributed by atoms with E-state index >= 15 is 0 Å². The van der Waals surface area contributed by atoms with Crippen molar-refractivity contribution in [2.75, 3.05) is 20.1 Å². The van der Waals surface area contributed by atoms with Gasteiger partial charge in [0, 0.05) is 12.6 Å². The first-order valence-electron chi connectivity index (χ1n) is 6.67. The van der Waals surface area contributed by atoms with Crippen LogP contribution >= 0.6 is 0 Å². The van der Waals surface area contributed by atoms with Gasteiger partial charge in [0.15, 0.2) is 0 Å². The van der Waals surface area contributed by atoms with Crippen molar-refractivity contribution in [3.63, 3.8) is 0 Å². The third-order valence-electron chi connectivity index (χ3n) is 3.23. The second-order valence-electron chi connectivity index (χ2n) is 5.08. The highest BCUT2D eigenvalue weighted by molar-refractivity contribution is 7.89. The van der Waals surface area contributed by atoms with Crippen LogP contribution in [0.2, 0.25) is 0 Å². The second kappa shape index (κ2) is 7.50. The Balaban J connectivity index is 2.64. The van der Waals surface area contributed by atoms with Crippen molar-refractivity contribution in [2.45, 2.75) is 31.2 Å². The van der Waals surface area contributed by atoms with Crippen LogP contribution in [0.1, 0.15) is 25.8 Å². The molecule has 0 saturated carbocycles. The van der Waals surface area contributed by atoms with Crippen molar-refractivity contribution in [3.8, 4) is 6.07 Å². The van der Waals surface area contributed by atoms with Gasteiger partial charge in [-0.3, -0.25) is 0 Å². The smallest absolute Gasteiger partial charge is 0.240 e. The summed E-state index contributed by atoms with van der Waals surface area (Å²) in [5.74, 6) is -0.727. The summed E-state index contributed by atoms with van der Waals surface area (Å²) < 4.78 is 39.7. The molecule has 0 bridgehead atoms. The maximum atomic E-state index is 13.2. The highest BCUT2D eigenvalue weighted by atomic mass is 32.2. The van der Waals surface area contributed by atoms with E-state index in [9.17, 15) is 12.8 Å². The molecule has 5 nitrogen and oxygen atoms in total. The molecule has 0 aliphatic heterocycles. The third kappa shape index (κ3) is 5.08. The van der Waals surface area contributed by atoms with Crippen LogP contribution in [0.4, 0.5) is 4.39 Å². The van der Waals surface area contributed by atoms with Crippen molar-refractivity contribution in [2.24, 2.45) is 0 Å². The van der Waals surface area contributed by atoms with Crippen molar-refractivity contribution in [3.05, 3.63) is 29.6 Å². The molecule has 0 amide bonds. The lowest BCUT2D eigenvalue weighted by atomic mass is 10.2. The fourth-order valence-corrected chi connectivity index (χ4v) is 2.73. The maximum Gasteiger partial charge on any atom is 0.240 e. The van der Waals surface area contributed by atoms with Gasteiger partial charge < -0.3 is 4.90 Å². The van der Waals surface area contributed by atoms with Gasteiger partial charge in [-0.1, -0.05) is 0 Å². The van der Waals surface area contributed by atoms with Gasteiger partial charge in [-0.05, 0) is 52.1 Å². The molecule has 21 heavy (non-hydrogen) atoms. The molecule has 1 aromatic carbocycles. The summed E-state index contributed by atoms with van der Waals surface area (Å²) in [7, 11) is -1.74. The van der Waals surface area contributed by atoms with Gasteiger partial charge in [-0.2, -0.15) is 5.26 Å². The zero-order valence-electron chi connectivity index (χ0n) is 12.4. The Morgan fingerprint density at radius 3 is 2.67 bits per heavy atom. The molecule has 0 saturated heterocycles. The predicted molar refractivity (Wildman–Crippen MR) is 78.7 cm³/mol. The van der Waals surface area contributed by atoms with Gasteiger partial charge in [0.05, 0.1) is 10.5 Å². The summed E-state index contributed by atoms with van der Waals surface area (Å²) >= 11 is 0. The monoisotopic (exact) mass is 313 g/mol. The van der Waals surface area contributed by atoms with E-state index < -0.39 is 15.8 Å². The Hall–Kier alpha value is -1.49. The molecule has 0 heterocycles. The largest absolute Gasteiger partial charge is 0.304 e. The summed E-state index contributed by atoms with van der Waals surface area (Å²) in [5, 5.41) is 8.73. The second-order valence-corrected chi connectivity index (χ2v) is 6.85.